The van der Waals surface area contributed by atoms with Gasteiger partial charge in [-0.1, -0.05) is 0 Å². The summed E-state index contributed by atoms with van der Waals surface area (Å²) in [6.45, 7) is 2.65. The fourth-order valence-corrected chi connectivity index (χ4v) is 1.96. The number of hydrogen-bond donors (Lipinski definition) is 2. The number of fused-ring (bicyclic) bond motifs is 1. The van der Waals surface area contributed by atoms with Gasteiger partial charge in [-0.15, -0.1) is 0 Å². The molecular formula is C12H11ClN6. The highest BCUT2D eigenvalue weighted by atomic mass is 35.5. The number of pyridine rings is 1. The van der Waals surface area contributed by atoms with Crippen LogP contribution in [0.15, 0.2) is 24.8 Å². The van der Waals surface area contributed by atoms with Crippen LogP contribution in [0.3, 0.4) is 0 Å². The van der Waals surface area contributed by atoms with Crippen molar-refractivity contribution in [3.8, 4) is 0 Å². The number of aryl methyl sites for hydroxylation is 1. The smallest absolute Gasteiger partial charge is 0.226 e. The molecule has 0 fully saturated rings. The van der Waals surface area contributed by atoms with Crippen molar-refractivity contribution in [2.24, 2.45) is 0 Å². The van der Waals surface area contributed by atoms with Crippen LogP contribution in [0.25, 0.3) is 11.2 Å². The molecule has 0 saturated heterocycles. The Labute approximate surface area is 114 Å². The predicted octanol–water partition coefficient (Wildman–Crippen LogP) is 2.32. The minimum atomic E-state index is 0.171. The number of nitrogens with one attached hydrogen (secondary N) is 2. The molecule has 7 heteroatoms. The summed E-state index contributed by atoms with van der Waals surface area (Å²) in [7, 11) is 0. The predicted molar refractivity (Wildman–Crippen MR) is 73.0 cm³/mol. The van der Waals surface area contributed by atoms with Gasteiger partial charge in [-0.2, -0.15) is 9.97 Å². The van der Waals surface area contributed by atoms with E-state index in [1.807, 2.05) is 19.2 Å². The third-order valence-corrected chi connectivity index (χ3v) is 3.02. The molecule has 3 rings (SSSR count). The van der Waals surface area contributed by atoms with Gasteiger partial charge in [0.2, 0.25) is 5.28 Å². The van der Waals surface area contributed by atoms with E-state index in [9.17, 15) is 0 Å². The van der Waals surface area contributed by atoms with Crippen molar-refractivity contribution in [3.05, 3.63) is 41.2 Å². The van der Waals surface area contributed by atoms with Crippen LogP contribution in [-0.2, 0) is 6.54 Å². The van der Waals surface area contributed by atoms with Gasteiger partial charge in [-0.25, -0.2) is 4.98 Å². The molecule has 0 bridgehead atoms. The first-order valence-electron chi connectivity index (χ1n) is 5.74. The van der Waals surface area contributed by atoms with Crippen molar-refractivity contribution in [1.82, 2.24) is 24.9 Å². The van der Waals surface area contributed by atoms with Crippen molar-refractivity contribution in [1.29, 1.82) is 0 Å². The van der Waals surface area contributed by atoms with Gasteiger partial charge >= 0.3 is 0 Å². The summed E-state index contributed by atoms with van der Waals surface area (Å²) in [5, 5.41) is 3.40. The second-order valence-corrected chi connectivity index (χ2v) is 4.44. The Hall–Kier alpha value is -2.21. The van der Waals surface area contributed by atoms with E-state index in [1.165, 1.54) is 5.56 Å². The van der Waals surface area contributed by atoms with Gasteiger partial charge in [-0.3, -0.25) is 4.98 Å². The monoisotopic (exact) mass is 274 g/mol. The molecule has 0 aliphatic carbocycles. The summed E-state index contributed by atoms with van der Waals surface area (Å²) in [6, 6.07) is 1.97. The summed E-state index contributed by atoms with van der Waals surface area (Å²) in [4.78, 5) is 19.4. The quantitative estimate of drug-likeness (QED) is 0.717. The molecule has 0 radical (unpaired) electrons. The maximum Gasteiger partial charge on any atom is 0.226 e. The minimum Gasteiger partial charge on any atom is -0.364 e. The number of hydrogen-bond acceptors (Lipinski definition) is 5. The summed E-state index contributed by atoms with van der Waals surface area (Å²) >= 11 is 5.87. The van der Waals surface area contributed by atoms with Gasteiger partial charge in [0.25, 0.3) is 0 Å². The summed E-state index contributed by atoms with van der Waals surface area (Å²) in [6.07, 6.45) is 5.17. The van der Waals surface area contributed by atoms with E-state index in [4.69, 9.17) is 11.6 Å². The van der Waals surface area contributed by atoms with Crippen LogP contribution in [0.5, 0.6) is 0 Å². The highest BCUT2D eigenvalue weighted by molar-refractivity contribution is 6.28. The molecule has 3 aromatic rings. The number of imidazole rings is 1. The molecule has 3 aromatic heterocycles. The number of halogens is 1. The molecule has 0 atom stereocenters. The van der Waals surface area contributed by atoms with Gasteiger partial charge in [0.05, 0.1) is 6.33 Å². The lowest BCUT2D eigenvalue weighted by atomic mass is 10.1. The van der Waals surface area contributed by atoms with Crippen LogP contribution in [0.2, 0.25) is 5.28 Å². The minimum absolute atomic E-state index is 0.171. The number of rotatable bonds is 3. The molecular weight excluding hydrogens is 264 g/mol. The Bertz CT molecular complexity index is 723. The van der Waals surface area contributed by atoms with E-state index in [2.05, 4.69) is 30.2 Å². The second-order valence-electron chi connectivity index (χ2n) is 4.10. The maximum atomic E-state index is 5.87. The summed E-state index contributed by atoms with van der Waals surface area (Å²) < 4.78 is 0. The Morgan fingerprint density at radius 3 is 3.11 bits per heavy atom. The first-order chi connectivity index (χ1) is 9.24. The molecule has 2 N–H and O–H groups in total. The van der Waals surface area contributed by atoms with Gasteiger partial charge < -0.3 is 10.3 Å². The first-order valence-corrected chi connectivity index (χ1v) is 6.12. The fourth-order valence-electron chi connectivity index (χ4n) is 1.80. The van der Waals surface area contributed by atoms with E-state index < -0.39 is 0 Å². The number of anilines is 1. The lowest BCUT2D eigenvalue weighted by Gasteiger charge is -2.08. The SMILES string of the molecule is Cc1ccncc1CNc1nc(Cl)nc2nc[nH]c12. The van der Waals surface area contributed by atoms with E-state index >= 15 is 0 Å². The average Bonchev–Trinajstić information content (AvgIpc) is 2.85. The third-order valence-electron chi connectivity index (χ3n) is 2.85. The second kappa shape index (κ2) is 4.81. The molecule has 19 heavy (non-hydrogen) atoms. The Morgan fingerprint density at radius 1 is 1.37 bits per heavy atom. The lowest BCUT2D eigenvalue weighted by molar-refractivity contribution is 1.06. The van der Waals surface area contributed by atoms with Crippen LogP contribution >= 0.6 is 11.6 Å². The molecule has 0 spiro atoms. The van der Waals surface area contributed by atoms with Crippen LogP contribution in [-0.4, -0.2) is 24.9 Å². The van der Waals surface area contributed by atoms with Gasteiger partial charge in [0.15, 0.2) is 11.5 Å². The molecule has 0 amide bonds. The molecule has 0 aliphatic rings. The van der Waals surface area contributed by atoms with Crippen molar-refractivity contribution in [3.63, 3.8) is 0 Å². The number of nitrogens with zero attached hydrogens (tertiary/aromatic N) is 4. The van der Waals surface area contributed by atoms with Gasteiger partial charge in [0.1, 0.15) is 5.52 Å². The molecule has 0 aliphatic heterocycles. The highest BCUT2D eigenvalue weighted by Crippen LogP contribution is 2.19. The van der Waals surface area contributed by atoms with Crippen molar-refractivity contribution in [2.75, 3.05) is 5.32 Å². The molecule has 0 unspecified atom stereocenters. The lowest BCUT2D eigenvalue weighted by Crippen LogP contribution is -2.05. The zero-order valence-corrected chi connectivity index (χ0v) is 10.9. The Morgan fingerprint density at radius 2 is 2.26 bits per heavy atom. The highest BCUT2D eigenvalue weighted by Gasteiger charge is 2.08. The van der Waals surface area contributed by atoms with E-state index in [1.54, 1.807) is 12.5 Å². The Kier molecular flexibility index (Phi) is 3.00. The van der Waals surface area contributed by atoms with Crippen molar-refractivity contribution >= 4 is 28.6 Å². The summed E-state index contributed by atoms with van der Waals surface area (Å²) in [5.41, 5.74) is 3.56. The topological polar surface area (TPSA) is 79.4 Å². The van der Waals surface area contributed by atoms with Crippen LogP contribution in [0.1, 0.15) is 11.1 Å². The molecule has 0 aromatic carbocycles. The van der Waals surface area contributed by atoms with Crippen molar-refractivity contribution < 1.29 is 0 Å². The zero-order chi connectivity index (χ0) is 13.2. The van der Waals surface area contributed by atoms with Crippen molar-refractivity contribution in [2.45, 2.75) is 13.5 Å². The van der Waals surface area contributed by atoms with Crippen LogP contribution < -0.4 is 5.32 Å². The number of aromatic amines is 1. The van der Waals surface area contributed by atoms with Gasteiger partial charge in [0, 0.05) is 18.9 Å². The normalized spacial score (nSPS) is 10.8. The molecule has 96 valence electrons. The summed E-state index contributed by atoms with van der Waals surface area (Å²) in [5.74, 6) is 0.635. The largest absolute Gasteiger partial charge is 0.364 e. The van der Waals surface area contributed by atoms with Gasteiger partial charge in [-0.05, 0) is 35.7 Å². The molecule has 6 nitrogen and oxygen atoms in total. The fraction of sp³-hybridized carbons (Fsp3) is 0.167. The molecule has 0 saturated carbocycles. The van der Waals surface area contributed by atoms with E-state index in [0.717, 1.165) is 11.1 Å². The standard InChI is InChI=1S/C12H11ClN6/c1-7-2-3-14-4-8(7)5-15-10-9-11(17-6-16-9)19-12(13)18-10/h2-4,6H,5H2,1H3,(H2,15,16,17,18,19). The number of H-pyrrole nitrogens is 1. The average molecular weight is 275 g/mol. The van der Waals surface area contributed by atoms with E-state index in [-0.39, 0.29) is 5.28 Å². The van der Waals surface area contributed by atoms with E-state index in [0.29, 0.717) is 18.0 Å². The Balaban J connectivity index is 1.90. The maximum absolute atomic E-state index is 5.87. The first kappa shape index (κ1) is 11.9. The van der Waals surface area contributed by atoms with Crippen LogP contribution in [0, 0.1) is 6.92 Å². The van der Waals surface area contributed by atoms with Crippen LogP contribution in [0.4, 0.5) is 5.82 Å². The zero-order valence-electron chi connectivity index (χ0n) is 10.2. The third kappa shape index (κ3) is 2.34. The number of aromatic nitrogens is 5. The molecule has 3 heterocycles.